The summed E-state index contributed by atoms with van der Waals surface area (Å²) in [4.78, 5) is 23.5. The highest BCUT2D eigenvalue weighted by Gasteiger charge is 2.15. The molecular formula is C15H17N3O5S. The number of hydrogen-bond donors (Lipinski definition) is 1. The quantitative estimate of drug-likeness (QED) is 0.761. The summed E-state index contributed by atoms with van der Waals surface area (Å²) in [6.07, 6.45) is 0.0149. The van der Waals surface area contributed by atoms with Gasteiger partial charge in [0.1, 0.15) is 5.01 Å². The lowest BCUT2D eigenvalue weighted by molar-refractivity contribution is -0.139. The van der Waals surface area contributed by atoms with Crippen molar-refractivity contribution in [3.63, 3.8) is 0 Å². The third-order valence-corrected chi connectivity index (χ3v) is 3.77. The molecule has 0 bridgehead atoms. The fourth-order valence-electron chi connectivity index (χ4n) is 1.83. The Kier molecular flexibility index (Phi) is 6.07. The minimum atomic E-state index is -0.416. The van der Waals surface area contributed by atoms with Crippen molar-refractivity contribution in [2.45, 2.75) is 13.3 Å². The van der Waals surface area contributed by atoms with E-state index in [1.807, 2.05) is 6.92 Å². The number of esters is 1. The number of carbonyl (C=O) groups is 2. The number of nitrogens with zero attached hydrogens (tertiary/aromatic N) is 2. The molecule has 1 N–H and O–H groups in total. The van der Waals surface area contributed by atoms with Gasteiger partial charge in [-0.1, -0.05) is 11.3 Å². The van der Waals surface area contributed by atoms with Crippen LogP contribution < -0.4 is 14.8 Å². The van der Waals surface area contributed by atoms with Gasteiger partial charge in [-0.2, -0.15) is 0 Å². The highest BCUT2D eigenvalue weighted by Crippen LogP contribution is 2.28. The molecule has 0 unspecified atom stereocenters. The summed E-state index contributed by atoms with van der Waals surface area (Å²) in [6.45, 7) is 2.30. The number of carbonyl (C=O) groups excluding carboxylic acids is 2. The largest absolute Gasteiger partial charge is 0.493 e. The van der Waals surface area contributed by atoms with Crippen LogP contribution in [0, 0.1) is 0 Å². The van der Waals surface area contributed by atoms with Crippen molar-refractivity contribution in [2.24, 2.45) is 0 Å². The van der Waals surface area contributed by atoms with E-state index in [-0.39, 0.29) is 12.3 Å². The summed E-state index contributed by atoms with van der Waals surface area (Å²) in [6, 6.07) is 4.86. The van der Waals surface area contributed by atoms with Crippen molar-refractivity contribution >= 4 is 28.3 Å². The van der Waals surface area contributed by atoms with Crippen molar-refractivity contribution in [1.82, 2.24) is 10.2 Å². The number of amides is 1. The number of benzene rings is 1. The number of rotatable bonds is 7. The van der Waals surface area contributed by atoms with E-state index in [4.69, 9.17) is 9.47 Å². The van der Waals surface area contributed by atoms with Gasteiger partial charge in [-0.3, -0.25) is 14.9 Å². The second-order valence-corrected chi connectivity index (χ2v) is 5.57. The molecule has 0 aliphatic rings. The molecule has 0 aliphatic carbocycles. The Balaban J connectivity index is 2.09. The first-order valence-corrected chi connectivity index (χ1v) is 7.90. The molecule has 1 heterocycles. The molecule has 0 atom stereocenters. The normalized spacial score (nSPS) is 10.1. The molecular weight excluding hydrogens is 334 g/mol. The average Bonchev–Trinajstić information content (AvgIpc) is 3.01. The molecule has 0 fully saturated rings. The van der Waals surface area contributed by atoms with Crippen molar-refractivity contribution in [2.75, 3.05) is 26.1 Å². The molecule has 0 spiro atoms. The van der Waals surface area contributed by atoms with Crippen molar-refractivity contribution in [3.8, 4) is 11.5 Å². The maximum Gasteiger partial charge on any atom is 0.312 e. The first kappa shape index (κ1) is 17.7. The zero-order chi connectivity index (χ0) is 17.5. The third kappa shape index (κ3) is 4.42. The molecule has 128 valence electrons. The van der Waals surface area contributed by atoms with Gasteiger partial charge in [-0.05, 0) is 25.1 Å². The Morgan fingerprint density at radius 3 is 2.67 bits per heavy atom. The maximum absolute atomic E-state index is 12.3. The molecule has 8 nitrogen and oxygen atoms in total. The van der Waals surface area contributed by atoms with Crippen molar-refractivity contribution in [1.29, 1.82) is 0 Å². The van der Waals surface area contributed by atoms with E-state index in [1.165, 1.54) is 14.2 Å². The zero-order valence-electron chi connectivity index (χ0n) is 13.5. The first-order valence-electron chi connectivity index (χ1n) is 7.08. The van der Waals surface area contributed by atoms with Gasteiger partial charge in [0.25, 0.3) is 5.91 Å². The summed E-state index contributed by atoms with van der Waals surface area (Å²) in [5, 5.41) is 11.1. The lowest BCUT2D eigenvalue weighted by Crippen LogP contribution is -2.12. The van der Waals surface area contributed by atoms with Crippen LogP contribution >= 0.6 is 11.3 Å². The third-order valence-electron chi connectivity index (χ3n) is 2.94. The van der Waals surface area contributed by atoms with Gasteiger partial charge in [-0.25, -0.2) is 0 Å². The minimum Gasteiger partial charge on any atom is -0.493 e. The number of methoxy groups -OCH3 is 2. The summed E-state index contributed by atoms with van der Waals surface area (Å²) in [5.74, 6) is 0.251. The summed E-state index contributed by atoms with van der Waals surface area (Å²) >= 11 is 1.11. The molecule has 1 aromatic carbocycles. The average molecular weight is 351 g/mol. The molecule has 0 saturated heterocycles. The highest BCUT2D eigenvalue weighted by molar-refractivity contribution is 7.15. The zero-order valence-corrected chi connectivity index (χ0v) is 14.3. The van der Waals surface area contributed by atoms with Gasteiger partial charge in [0.2, 0.25) is 5.13 Å². The van der Waals surface area contributed by atoms with Crippen molar-refractivity contribution < 1.29 is 23.8 Å². The standard InChI is InChI=1S/C15H17N3O5S/c1-4-23-11-7-9(5-6-10(11)21-2)14(20)16-15-18-17-12(24-15)8-13(19)22-3/h5-7H,4,8H2,1-3H3,(H,16,18,20). The Morgan fingerprint density at radius 1 is 1.21 bits per heavy atom. The SMILES string of the molecule is CCOc1cc(C(=O)Nc2nnc(CC(=O)OC)s2)ccc1OC. The Bertz CT molecular complexity index is 732. The van der Waals surface area contributed by atoms with E-state index < -0.39 is 5.97 Å². The second-order valence-electron chi connectivity index (χ2n) is 4.51. The predicted octanol–water partition coefficient (Wildman–Crippen LogP) is 1.91. The highest BCUT2D eigenvalue weighted by atomic mass is 32.1. The van der Waals surface area contributed by atoms with Crippen LogP contribution in [0.15, 0.2) is 18.2 Å². The Hall–Kier alpha value is -2.68. The fraction of sp³-hybridized carbons (Fsp3) is 0.333. The lowest BCUT2D eigenvalue weighted by Gasteiger charge is -2.10. The van der Waals surface area contributed by atoms with Gasteiger partial charge in [0, 0.05) is 5.56 Å². The van der Waals surface area contributed by atoms with Crippen molar-refractivity contribution in [3.05, 3.63) is 28.8 Å². The number of anilines is 1. The van der Waals surface area contributed by atoms with E-state index in [0.717, 1.165) is 11.3 Å². The van der Waals surface area contributed by atoms with Crippen LogP contribution in [0.2, 0.25) is 0 Å². The van der Waals surface area contributed by atoms with Crippen LogP contribution in [0.1, 0.15) is 22.3 Å². The predicted molar refractivity (Wildman–Crippen MR) is 87.7 cm³/mol. The van der Waals surface area contributed by atoms with Crippen LogP contribution in [0.5, 0.6) is 11.5 Å². The first-order chi connectivity index (χ1) is 11.6. The van der Waals surface area contributed by atoms with E-state index in [9.17, 15) is 9.59 Å². The van der Waals surface area contributed by atoms with Gasteiger partial charge >= 0.3 is 5.97 Å². The molecule has 1 aromatic heterocycles. The topological polar surface area (TPSA) is 99.6 Å². The fourth-order valence-corrected chi connectivity index (χ4v) is 2.55. The molecule has 0 radical (unpaired) electrons. The van der Waals surface area contributed by atoms with Crippen LogP contribution in [-0.4, -0.2) is 42.9 Å². The molecule has 0 aliphatic heterocycles. The number of aromatic nitrogens is 2. The maximum atomic E-state index is 12.3. The van der Waals surface area contributed by atoms with E-state index in [0.29, 0.717) is 33.8 Å². The van der Waals surface area contributed by atoms with E-state index >= 15 is 0 Å². The molecule has 24 heavy (non-hydrogen) atoms. The van der Waals surface area contributed by atoms with Crippen LogP contribution in [-0.2, 0) is 16.0 Å². The number of hydrogen-bond acceptors (Lipinski definition) is 8. The van der Waals surface area contributed by atoms with E-state index in [2.05, 4.69) is 20.3 Å². The molecule has 9 heteroatoms. The summed E-state index contributed by atoms with van der Waals surface area (Å²) < 4.78 is 15.2. The van der Waals surface area contributed by atoms with Crippen LogP contribution in [0.25, 0.3) is 0 Å². The van der Waals surface area contributed by atoms with Crippen LogP contribution in [0.4, 0.5) is 5.13 Å². The second kappa shape index (κ2) is 8.25. The number of nitrogens with one attached hydrogen (secondary N) is 1. The summed E-state index contributed by atoms with van der Waals surface area (Å²) in [5.41, 5.74) is 0.393. The Labute approximate surface area is 142 Å². The smallest absolute Gasteiger partial charge is 0.312 e. The minimum absolute atomic E-state index is 0.0149. The van der Waals surface area contributed by atoms with Crippen LogP contribution in [0.3, 0.4) is 0 Å². The molecule has 2 rings (SSSR count). The molecule has 2 aromatic rings. The summed E-state index contributed by atoms with van der Waals surface area (Å²) in [7, 11) is 2.83. The monoisotopic (exact) mass is 351 g/mol. The lowest BCUT2D eigenvalue weighted by atomic mass is 10.2. The van der Waals surface area contributed by atoms with Gasteiger partial charge < -0.3 is 14.2 Å². The van der Waals surface area contributed by atoms with Gasteiger partial charge in [-0.15, -0.1) is 10.2 Å². The number of ether oxygens (including phenoxy) is 3. The van der Waals surface area contributed by atoms with Gasteiger partial charge in [0.05, 0.1) is 27.2 Å². The molecule has 0 saturated carbocycles. The Morgan fingerprint density at radius 2 is 2.00 bits per heavy atom. The van der Waals surface area contributed by atoms with E-state index in [1.54, 1.807) is 18.2 Å². The van der Waals surface area contributed by atoms with Gasteiger partial charge in [0.15, 0.2) is 11.5 Å². The molecule has 1 amide bonds.